The Morgan fingerprint density at radius 2 is 2.14 bits per heavy atom. The van der Waals surface area contributed by atoms with Crippen LogP contribution >= 0.6 is 0 Å². The Kier molecular flexibility index (Phi) is 3.99. The summed E-state index contributed by atoms with van der Waals surface area (Å²) in [6, 6.07) is 7.67. The van der Waals surface area contributed by atoms with Gasteiger partial charge in [0.2, 0.25) is 0 Å². The highest BCUT2D eigenvalue weighted by Gasteiger charge is 2.07. The van der Waals surface area contributed by atoms with Crippen molar-refractivity contribution in [2.75, 3.05) is 7.11 Å². The van der Waals surface area contributed by atoms with Crippen molar-refractivity contribution in [2.24, 2.45) is 5.84 Å². The predicted molar refractivity (Wildman–Crippen MR) is 56.5 cm³/mol. The lowest BCUT2D eigenvalue weighted by molar-refractivity contribution is 0.414. The zero-order valence-electron chi connectivity index (χ0n) is 8.16. The fourth-order valence-electron chi connectivity index (χ4n) is 1.23. The molecular formula is C11H14N2O. The highest BCUT2D eigenvalue weighted by molar-refractivity contribution is 5.29. The normalized spacial score (nSPS) is 11.8. The molecule has 0 heterocycles. The fraction of sp³-hybridized carbons (Fsp3) is 0.273. The summed E-state index contributed by atoms with van der Waals surface area (Å²) in [5, 5.41) is 0. The summed E-state index contributed by atoms with van der Waals surface area (Å²) >= 11 is 0. The average molecular weight is 190 g/mol. The number of ether oxygens (including phenoxy) is 1. The smallest absolute Gasteiger partial charge is 0.118 e. The molecule has 3 heteroatoms. The molecule has 0 aliphatic rings. The molecule has 0 bridgehead atoms. The Bertz CT molecular complexity index is 313. The van der Waals surface area contributed by atoms with E-state index in [9.17, 15) is 0 Å². The molecule has 0 saturated carbocycles. The van der Waals surface area contributed by atoms with Gasteiger partial charge >= 0.3 is 0 Å². The first-order valence-corrected chi connectivity index (χ1v) is 4.35. The average Bonchev–Trinajstić information content (AvgIpc) is 2.26. The number of methoxy groups -OCH3 is 1. The Hall–Kier alpha value is -1.50. The summed E-state index contributed by atoms with van der Waals surface area (Å²) in [5.41, 5.74) is 3.73. The number of hydrogen-bond donors (Lipinski definition) is 2. The van der Waals surface area contributed by atoms with Crippen LogP contribution in [-0.4, -0.2) is 7.11 Å². The third kappa shape index (κ3) is 2.49. The maximum absolute atomic E-state index is 5.38. The molecule has 0 aromatic heterocycles. The molecule has 1 unspecified atom stereocenters. The minimum absolute atomic E-state index is 0.00547. The van der Waals surface area contributed by atoms with Crippen LogP contribution in [0.5, 0.6) is 5.75 Å². The molecule has 0 amide bonds. The summed E-state index contributed by atoms with van der Waals surface area (Å²) in [7, 11) is 1.63. The molecule has 0 spiro atoms. The summed E-state index contributed by atoms with van der Waals surface area (Å²) in [5.74, 6) is 8.78. The van der Waals surface area contributed by atoms with Crippen LogP contribution in [0.1, 0.15) is 18.0 Å². The Balaban J connectivity index is 2.79. The lowest BCUT2D eigenvalue weighted by Gasteiger charge is -2.13. The molecule has 3 N–H and O–H groups in total. The molecule has 0 aliphatic carbocycles. The summed E-state index contributed by atoms with van der Waals surface area (Å²) in [4.78, 5) is 0. The minimum Gasteiger partial charge on any atom is -0.497 e. The summed E-state index contributed by atoms with van der Waals surface area (Å²) < 4.78 is 5.05. The molecule has 0 fully saturated rings. The van der Waals surface area contributed by atoms with Crippen molar-refractivity contribution >= 4 is 0 Å². The van der Waals surface area contributed by atoms with Crippen LogP contribution in [0.25, 0.3) is 0 Å². The molecule has 1 aromatic carbocycles. The van der Waals surface area contributed by atoms with Gasteiger partial charge in [-0.25, -0.2) is 0 Å². The van der Waals surface area contributed by atoms with E-state index in [1.807, 2.05) is 24.3 Å². The van der Waals surface area contributed by atoms with Crippen LogP contribution in [0.4, 0.5) is 0 Å². The minimum atomic E-state index is 0.00547. The quantitative estimate of drug-likeness (QED) is 0.426. The maximum Gasteiger partial charge on any atom is 0.118 e. The van der Waals surface area contributed by atoms with Gasteiger partial charge in [-0.05, 0) is 17.7 Å². The van der Waals surface area contributed by atoms with E-state index in [1.165, 1.54) is 0 Å². The topological polar surface area (TPSA) is 47.3 Å². The van der Waals surface area contributed by atoms with Gasteiger partial charge in [0.25, 0.3) is 0 Å². The van der Waals surface area contributed by atoms with Crippen molar-refractivity contribution in [3.8, 4) is 18.1 Å². The van der Waals surface area contributed by atoms with Crippen LogP contribution < -0.4 is 16.0 Å². The molecule has 0 aliphatic heterocycles. The first-order valence-electron chi connectivity index (χ1n) is 4.35. The zero-order chi connectivity index (χ0) is 10.4. The van der Waals surface area contributed by atoms with Gasteiger partial charge in [0.1, 0.15) is 5.75 Å². The van der Waals surface area contributed by atoms with Crippen molar-refractivity contribution < 1.29 is 4.74 Å². The van der Waals surface area contributed by atoms with Gasteiger partial charge < -0.3 is 4.74 Å². The second kappa shape index (κ2) is 5.28. The summed E-state index contributed by atoms with van der Waals surface area (Å²) in [6.45, 7) is 0. The molecule has 1 aromatic rings. The first kappa shape index (κ1) is 10.6. The SMILES string of the molecule is C#CCC(NN)c1ccc(OC)cc1. The highest BCUT2D eigenvalue weighted by atomic mass is 16.5. The van der Waals surface area contributed by atoms with E-state index >= 15 is 0 Å². The second-order valence-corrected chi connectivity index (χ2v) is 2.90. The third-order valence-corrected chi connectivity index (χ3v) is 2.04. The van der Waals surface area contributed by atoms with E-state index in [0.29, 0.717) is 6.42 Å². The van der Waals surface area contributed by atoms with E-state index in [2.05, 4.69) is 11.3 Å². The van der Waals surface area contributed by atoms with Gasteiger partial charge in [-0.1, -0.05) is 12.1 Å². The molecule has 1 rings (SSSR count). The van der Waals surface area contributed by atoms with Gasteiger partial charge in [-0.3, -0.25) is 11.3 Å². The van der Waals surface area contributed by atoms with Gasteiger partial charge in [-0.15, -0.1) is 12.3 Å². The van der Waals surface area contributed by atoms with Gasteiger partial charge in [0, 0.05) is 6.42 Å². The zero-order valence-corrected chi connectivity index (χ0v) is 8.16. The number of nitrogens with two attached hydrogens (primary N) is 1. The van der Waals surface area contributed by atoms with E-state index < -0.39 is 0 Å². The van der Waals surface area contributed by atoms with Crippen LogP contribution in [0.2, 0.25) is 0 Å². The molecular weight excluding hydrogens is 176 g/mol. The van der Waals surface area contributed by atoms with E-state index in [-0.39, 0.29) is 6.04 Å². The monoisotopic (exact) mass is 190 g/mol. The second-order valence-electron chi connectivity index (χ2n) is 2.90. The lowest BCUT2D eigenvalue weighted by Crippen LogP contribution is -2.27. The molecule has 3 nitrogen and oxygen atoms in total. The van der Waals surface area contributed by atoms with E-state index in [1.54, 1.807) is 7.11 Å². The predicted octanol–water partition coefficient (Wildman–Crippen LogP) is 1.22. The fourth-order valence-corrected chi connectivity index (χ4v) is 1.23. The number of terminal acetylenes is 1. The Morgan fingerprint density at radius 1 is 1.50 bits per heavy atom. The molecule has 74 valence electrons. The Morgan fingerprint density at radius 3 is 2.57 bits per heavy atom. The Labute approximate surface area is 84.2 Å². The highest BCUT2D eigenvalue weighted by Crippen LogP contribution is 2.18. The standard InChI is InChI=1S/C11H14N2O/c1-3-4-11(13-12)9-5-7-10(14-2)8-6-9/h1,5-8,11,13H,4,12H2,2H3. The van der Waals surface area contributed by atoms with Crippen molar-refractivity contribution in [1.82, 2.24) is 5.43 Å². The molecule has 1 atom stereocenters. The van der Waals surface area contributed by atoms with Gasteiger partial charge in [0.05, 0.1) is 13.2 Å². The van der Waals surface area contributed by atoms with Crippen LogP contribution in [0, 0.1) is 12.3 Å². The van der Waals surface area contributed by atoms with Crippen molar-refractivity contribution in [2.45, 2.75) is 12.5 Å². The van der Waals surface area contributed by atoms with Crippen LogP contribution in [0.3, 0.4) is 0 Å². The first-order chi connectivity index (χ1) is 6.81. The lowest BCUT2D eigenvalue weighted by atomic mass is 10.0. The number of nitrogens with one attached hydrogen (secondary N) is 1. The van der Waals surface area contributed by atoms with Crippen molar-refractivity contribution in [1.29, 1.82) is 0 Å². The largest absolute Gasteiger partial charge is 0.497 e. The van der Waals surface area contributed by atoms with E-state index in [0.717, 1.165) is 11.3 Å². The van der Waals surface area contributed by atoms with Crippen molar-refractivity contribution in [3.63, 3.8) is 0 Å². The van der Waals surface area contributed by atoms with Crippen molar-refractivity contribution in [3.05, 3.63) is 29.8 Å². The number of rotatable bonds is 4. The van der Waals surface area contributed by atoms with Crippen LogP contribution in [0.15, 0.2) is 24.3 Å². The molecule has 0 saturated heterocycles. The number of hydrazine groups is 1. The van der Waals surface area contributed by atoms with Crippen LogP contribution in [-0.2, 0) is 0 Å². The molecule has 14 heavy (non-hydrogen) atoms. The number of benzene rings is 1. The van der Waals surface area contributed by atoms with Gasteiger partial charge in [-0.2, -0.15) is 0 Å². The molecule has 0 radical (unpaired) electrons. The number of hydrogen-bond acceptors (Lipinski definition) is 3. The maximum atomic E-state index is 5.38. The van der Waals surface area contributed by atoms with Gasteiger partial charge in [0.15, 0.2) is 0 Å². The third-order valence-electron chi connectivity index (χ3n) is 2.04. The summed E-state index contributed by atoms with van der Waals surface area (Å²) in [6.07, 6.45) is 5.80. The van der Waals surface area contributed by atoms with E-state index in [4.69, 9.17) is 17.0 Å².